The van der Waals surface area contributed by atoms with Crippen molar-refractivity contribution in [1.82, 2.24) is 0 Å². The Labute approximate surface area is 271 Å². The molecule has 0 fully saturated rings. The van der Waals surface area contributed by atoms with Gasteiger partial charge in [-0.3, -0.25) is 19.3 Å². The standard InChI is InChI=1S/C41H28N2O4/c44-37-18-19-38(45)42(37)35-16-14-29-22-33(12-10-31(29)24-35)41(28-8-6-27(7-9-28)26-4-2-1-3-5-26)34-13-11-32-25-36(17-15-30(32)23-34)43-39(46)20-21-40(43)47/h1-25,37,41,44H. The fourth-order valence-electron chi connectivity index (χ4n) is 6.63. The van der Waals surface area contributed by atoms with E-state index in [1.54, 1.807) is 0 Å². The summed E-state index contributed by atoms with van der Waals surface area (Å²) in [5.74, 6) is -1.02. The van der Waals surface area contributed by atoms with Crippen molar-refractivity contribution in [1.29, 1.82) is 0 Å². The van der Waals surface area contributed by atoms with E-state index in [9.17, 15) is 19.5 Å². The highest BCUT2D eigenvalue weighted by atomic mass is 16.3. The van der Waals surface area contributed by atoms with Crippen LogP contribution in [-0.4, -0.2) is 29.1 Å². The summed E-state index contributed by atoms with van der Waals surface area (Å²) >= 11 is 0. The third-order valence-corrected chi connectivity index (χ3v) is 8.97. The van der Waals surface area contributed by atoms with Gasteiger partial charge in [-0.1, -0.05) is 103 Å². The second kappa shape index (κ2) is 11.4. The zero-order chi connectivity index (χ0) is 32.1. The van der Waals surface area contributed by atoms with Gasteiger partial charge in [-0.05, 0) is 79.7 Å². The van der Waals surface area contributed by atoms with Gasteiger partial charge in [0.15, 0.2) is 6.23 Å². The molecule has 6 heteroatoms. The maximum atomic E-state index is 12.3. The minimum absolute atomic E-state index is 0.0925. The number of imide groups is 1. The zero-order valence-electron chi connectivity index (χ0n) is 25.2. The highest BCUT2D eigenvalue weighted by Gasteiger charge is 2.27. The molecule has 226 valence electrons. The quantitative estimate of drug-likeness (QED) is 0.156. The summed E-state index contributed by atoms with van der Waals surface area (Å²) in [7, 11) is 0. The largest absolute Gasteiger partial charge is 0.369 e. The number of aliphatic hydroxyl groups is 1. The van der Waals surface area contributed by atoms with Gasteiger partial charge in [-0.25, -0.2) is 4.90 Å². The fraction of sp³-hybridized carbons (Fsp3) is 0.0488. The van der Waals surface area contributed by atoms with Gasteiger partial charge >= 0.3 is 0 Å². The molecule has 0 bridgehead atoms. The van der Waals surface area contributed by atoms with Gasteiger partial charge in [0.25, 0.3) is 17.7 Å². The van der Waals surface area contributed by atoms with E-state index in [1.807, 2.05) is 60.7 Å². The van der Waals surface area contributed by atoms with E-state index in [2.05, 4.69) is 66.7 Å². The second-order valence-corrected chi connectivity index (χ2v) is 11.8. The number of hydrogen-bond acceptors (Lipinski definition) is 4. The average molecular weight is 613 g/mol. The molecule has 0 saturated heterocycles. The third-order valence-electron chi connectivity index (χ3n) is 8.97. The van der Waals surface area contributed by atoms with E-state index in [0.717, 1.165) is 49.4 Å². The van der Waals surface area contributed by atoms with Crippen molar-refractivity contribution < 1.29 is 19.5 Å². The van der Waals surface area contributed by atoms with Crippen molar-refractivity contribution in [2.24, 2.45) is 0 Å². The van der Waals surface area contributed by atoms with Crippen LogP contribution in [0.2, 0.25) is 0 Å². The van der Waals surface area contributed by atoms with Crippen LogP contribution in [0.15, 0.2) is 152 Å². The van der Waals surface area contributed by atoms with E-state index in [-0.39, 0.29) is 23.6 Å². The van der Waals surface area contributed by atoms with Crippen molar-refractivity contribution in [2.45, 2.75) is 12.1 Å². The Morgan fingerprint density at radius 2 is 1.00 bits per heavy atom. The minimum atomic E-state index is -0.973. The molecule has 2 heterocycles. The summed E-state index contributed by atoms with van der Waals surface area (Å²) in [5, 5.41) is 14.2. The first-order chi connectivity index (χ1) is 22.9. The van der Waals surface area contributed by atoms with Gasteiger partial charge < -0.3 is 5.11 Å². The van der Waals surface area contributed by atoms with Crippen LogP contribution < -0.4 is 9.80 Å². The van der Waals surface area contributed by atoms with Gasteiger partial charge in [0.05, 0.1) is 5.69 Å². The molecule has 6 aromatic rings. The van der Waals surface area contributed by atoms with Crippen molar-refractivity contribution in [2.75, 3.05) is 9.80 Å². The van der Waals surface area contributed by atoms with Crippen molar-refractivity contribution in [3.05, 3.63) is 168 Å². The lowest BCUT2D eigenvalue weighted by atomic mass is 9.83. The van der Waals surface area contributed by atoms with Gasteiger partial charge in [-0.15, -0.1) is 0 Å². The van der Waals surface area contributed by atoms with E-state index in [4.69, 9.17) is 0 Å². The number of rotatable bonds is 6. The van der Waals surface area contributed by atoms with E-state index in [1.165, 1.54) is 34.1 Å². The summed E-state index contributed by atoms with van der Waals surface area (Å²) in [6.07, 6.45) is 4.48. The number of carbonyl (C=O) groups is 3. The van der Waals surface area contributed by atoms with Gasteiger partial charge in [0.2, 0.25) is 0 Å². The van der Waals surface area contributed by atoms with E-state index < -0.39 is 6.23 Å². The Morgan fingerprint density at radius 3 is 1.60 bits per heavy atom. The first-order valence-corrected chi connectivity index (χ1v) is 15.4. The zero-order valence-corrected chi connectivity index (χ0v) is 25.2. The first kappa shape index (κ1) is 28.4. The molecule has 0 aliphatic carbocycles. The lowest BCUT2D eigenvalue weighted by Crippen LogP contribution is -2.33. The number of benzene rings is 6. The van der Waals surface area contributed by atoms with Gasteiger partial charge in [0, 0.05) is 29.8 Å². The van der Waals surface area contributed by atoms with E-state index >= 15 is 0 Å². The Morgan fingerprint density at radius 1 is 0.489 bits per heavy atom. The molecule has 6 nitrogen and oxygen atoms in total. The number of anilines is 2. The molecule has 2 aliphatic rings. The fourth-order valence-corrected chi connectivity index (χ4v) is 6.63. The van der Waals surface area contributed by atoms with E-state index in [0.29, 0.717) is 11.4 Å². The number of fused-ring (bicyclic) bond motifs is 2. The molecule has 3 amide bonds. The summed E-state index contributed by atoms with van der Waals surface area (Å²) in [6.45, 7) is 0. The van der Waals surface area contributed by atoms with Crippen molar-refractivity contribution in [3.63, 3.8) is 0 Å². The summed E-state index contributed by atoms with van der Waals surface area (Å²) in [4.78, 5) is 39.5. The lowest BCUT2D eigenvalue weighted by molar-refractivity contribution is -0.120. The molecule has 2 atom stereocenters. The highest BCUT2D eigenvalue weighted by Crippen LogP contribution is 2.37. The van der Waals surface area contributed by atoms with Gasteiger partial charge in [0.1, 0.15) is 0 Å². The molecule has 0 radical (unpaired) electrons. The number of amides is 3. The third kappa shape index (κ3) is 5.11. The predicted molar refractivity (Wildman–Crippen MR) is 185 cm³/mol. The molecule has 6 aromatic carbocycles. The first-order valence-electron chi connectivity index (χ1n) is 15.4. The molecule has 47 heavy (non-hydrogen) atoms. The molecule has 1 N–H and O–H groups in total. The Balaban J connectivity index is 1.20. The molecular formula is C41H28N2O4. The molecule has 0 spiro atoms. The van der Waals surface area contributed by atoms with Crippen LogP contribution in [0, 0.1) is 0 Å². The smallest absolute Gasteiger partial charge is 0.258 e. The van der Waals surface area contributed by atoms with Crippen LogP contribution in [0.25, 0.3) is 32.7 Å². The molecular weight excluding hydrogens is 584 g/mol. The number of nitrogens with zero attached hydrogens (tertiary/aromatic N) is 2. The predicted octanol–water partition coefficient (Wildman–Crippen LogP) is 7.49. The second-order valence-electron chi connectivity index (χ2n) is 11.8. The van der Waals surface area contributed by atoms with Crippen LogP contribution in [-0.2, 0) is 14.4 Å². The molecule has 0 saturated carbocycles. The lowest BCUT2D eigenvalue weighted by Gasteiger charge is -2.22. The molecule has 0 aromatic heterocycles. The SMILES string of the molecule is O=C1C=CC(=O)N1c1ccc2cc(C(c3ccc(-c4ccccc4)cc3)c3ccc4cc(N5C(=O)C=CC5O)ccc4c3)ccc2c1. The van der Waals surface area contributed by atoms with Crippen molar-refractivity contribution >= 4 is 50.6 Å². The molecule has 2 aliphatic heterocycles. The number of aliphatic hydroxyl groups excluding tert-OH is 1. The molecule has 8 rings (SSSR count). The van der Waals surface area contributed by atoms with Gasteiger partial charge in [-0.2, -0.15) is 0 Å². The maximum Gasteiger partial charge on any atom is 0.258 e. The normalized spacial score (nSPS) is 16.6. The molecule has 2 unspecified atom stereocenters. The monoisotopic (exact) mass is 612 g/mol. The summed E-state index contributed by atoms with van der Waals surface area (Å²) in [5.41, 5.74) is 6.81. The van der Waals surface area contributed by atoms with Crippen LogP contribution >= 0.6 is 0 Å². The Bertz CT molecular complexity index is 2270. The summed E-state index contributed by atoms with van der Waals surface area (Å²) < 4.78 is 0. The topological polar surface area (TPSA) is 77.9 Å². The van der Waals surface area contributed by atoms with Crippen LogP contribution in [0.1, 0.15) is 22.6 Å². The Hall–Kier alpha value is -6.11. The minimum Gasteiger partial charge on any atom is -0.369 e. The maximum absolute atomic E-state index is 12.3. The highest BCUT2D eigenvalue weighted by molar-refractivity contribution is 6.28. The van der Waals surface area contributed by atoms with Crippen LogP contribution in [0.3, 0.4) is 0 Å². The van der Waals surface area contributed by atoms with Crippen molar-refractivity contribution in [3.8, 4) is 11.1 Å². The number of hydrogen-bond donors (Lipinski definition) is 1. The number of carbonyl (C=O) groups excluding carboxylic acids is 3. The average Bonchev–Trinajstić information content (AvgIpc) is 3.63. The van der Waals surface area contributed by atoms with Crippen LogP contribution in [0.5, 0.6) is 0 Å². The summed E-state index contributed by atoms with van der Waals surface area (Å²) in [6, 6.07) is 43.0. The Kier molecular flexibility index (Phi) is 6.85. The van der Waals surface area contributed by atoms with Crippen LogP contribution in [0.4, 0.5) is 11.4 Å².